The van der Waals surface area contributed by atoms with Crippen LogP contribution >= 0.6 is 0 Å². The molecule has 0 aliphatic heterocycles. The van der Waals surface area contributed by atoms with Gasteiger partial charge in [-0.3, -0.25) is 9.36 Å². The quantitative estimate of drug-likeness (QED) is 0.469. The number of methoxy groups -OCH3 is 2. The van der Waals surface area contributed by atoms with Gasteiger partial charge in [-0.2, -0.15) is 0 Å². The molecule has 7 heteroatoms. The van der Waals surface area contributed by atoms with Crippen LogP contribution in [0.25, 0.3) is 16.7 Å². The molecule has 6 nitrogen and oxygen atoms in total. The lowest BCUT2D eigenvalue weighted by molar-refractivity contribution is -0.116. The fraction of sp³-hybridized carbons (Fsp3) is 0.167. The SMILES string of the molecule is COc1cc(F)c(NC(=O)CCc2nc3ccccc3n2-c2ccccc2)cc1OC. The molecule has 158 valence electrons. The van der Waals surface area contributed by atoms with E-state index >= 15 is 0 Å². The smallest absolute Gasteiger partial charge is 0.224 e. The lowest BCUT2D eigenvalue weighted by atomic mass is 10.2. The third kappa shape index (κ3) is 4.21. The van der Waals surface area contributed by atoms with Crippen LogP contribution in [0.4, 0.5) is 10.1 Å². The fourth-order valence-corrected chi connectivity index (χ4v) is 3.50. The Morgan fingerprint density at radius 1 is 1.00 bits per heavy atom. The zero-order valence-corrected chi connectivity index (χ0v) is 17.3. The average Bonchev–Trinajstić information content (AvgIpc) is 3.17. The van der Waals surface area contributed by atoms with Crippen LogP contribution in [-0.2, 0) is 11.2 Å². The summed E-state index contributed by atoms with van der Waals surface area (Å²) in [5.41, 5.74) is 2.83. The maximum absolute atomic E-state index is 14.3. The Hall–Kier alpha value is -3.87. The number of halogens is 1. The van der Waals surface area contributed by atoms with Gasteiger partial charge in [0.2, 0.25) is 5.91 Å². The molecule has 0 saturated carbocycles. The first kappa shape index (κ1) is 20.4. The van der Waals surface area contributed by atoms with E-state index in [4.69, 9.17) is 14.5 Å². The molecule has 31 heavy (non-hydrogen) atoms. The summed E-state index contributed by atoms with van der Waals surface area (Å²) in [4.78, 5) is 17.3. The summed E-state index contributed by atoms with van der Waals surface area (Å²) < 4.78 is 26.6. The zero-order valence-electron chi connectivity index (χ0n) is 17.3. The molecule has 0 spiro atoms. The van der Waals surface area contributed by atoms with Crippen LogP contribution in [0.1, 0.15) is 12.2 Å². The van der Waals surface area contributed by atoms with Gasteiger partial charge >= 0.3 is 0 Å². The summed E-state index contributed by atoms with van der Waals surface area (Å²) in [5.74, 6) is 0.440. The van der Waals surface area contributed by atoms with E-state index in [1.807, 2.05) is 59.2 Å². The van der Waals surface area contributed by atoms with Crippen molar-refractivity contribution in [3.8, 4) is 17.2 Å². The number of amides is 1. The molecule has 1 heterocycles. The Balaban J connectivity index is 1.56. The molecular formula is C24H22FN3O3. The maximum Gasteiger partial charge on any atom is 0.224 e. The van der Waals surface area contributed by atoms with Crippen molar-refractivity contribution in [2.45, 2.75) is 12.8 Å². The van der Waals surface area contributed by atoms with Gasteiger partial charge in [-0.1, -0.05) is 30.3 Å². The number of imidazole rings is 1. The molecule has 1 N–H and O–H groups in total. The molecule has 1 amide bonds. The van der Waals surface area contributed by atoms with Gasteiger partial charge in [0.25, 0.3) is 0 Å². The second-order valence-electron chi connectivity index (χ2n) is 6.92. The normalized spacial score (nSPS) is 10.8. The van der Waals surface area contributed by atoms with Gasteiger partial charge in [0, 0.05) is 30.7 Å². The highest BCUT2D eigenvalue weighted by Crippen LogP contribution is 2.32. The number of carbonyl (C=O) groups excluding carboxylic acids is 1. The number of fused-ring (bicyclic) bond motifs is 1. The lowest BCUT2D eigenvalue weighted by Gasteiger charge is -2.12. The van der Waals surface area contributed by atoms with Gasteiger partial charge in [-0.25, -0.2) is 9.37 Å². The number of nitrogens with zero attached hydrogens (tertiary/aromatic N) is 2. The Kier molecular flexibility index (Phi) is 5.84. The first-order chi connectivity index (χ1) is 15.1. The van der Waals surface area contributed by atoms with Gasteiger partial charge in [-0.05, 0) is 24.3 Å². The van der Waals surface area contributed by atoms with Crippen LogP contribution in [0.15, 0.2) is 66.7 Å². The van der Waals surface area contributed by atoms with Gasteiger partial charge in [0.15, 0.2) is 17.3 Å². The zero-order chi connectivity index (χ0) is 21.8. The summed E-state index contributed by atoms with van der Waals surface area (Å²) in [6.07, 6.45) is 0.536. The van der Waals surface area contributed by atoms with E-state index in [0.717, 1.165) is 22.5 Å². The maximum atomic E-state index is 14.3. The number of ether oxygens (including phenoxy) is 2. The first-order valence-electron chi connectivity index (χ1n) is 9.84. The van der Waals surface area contributed by atoms with E-state index in [0.29, 0.717) is 12.2 Å². The predicted octanol–water partition coefficient (Wildman–Crippen LogP) is 4.75. The van der Waals surface area contributed by atoms with Crippen LogP contribution in [0.5, 0.6) is 11.5 Å². The fourth-order valence-electron chi connectivity index (χ4n) is 3.50. The Morgan fingerprint density at radius 2 is 1.68 bits per heavy atom. The number of para-hydroxylation sites is 3. The number of nitrogens with one attached hydrogen (secondary N) is 1. The number of rotatable bonds is 7. The van der Waals surface area contributed by atoms with Gasteiger partial charge in [0.05, 0.1) is 30.9 Å². The van der Waals surface area contributed by atoms with Crippen LogP contribution in [-0.4, -0.2) is 29.7 Å². The van der Waals surface area contributed by atoms with Crippen molar-refractivity contribution in [2.24, 2.45) is 0 Å². The molecule has 0 fully saturated rings. The van der Waals surface area contributed by atoms with Gasteiger partial charge in [0.1, 0.15) is 5.82 Å². The number of aromatic nitrogens is 2. The van der Waals surface area contributed by atoms with E-state index < -0.39 is 5.82 Å². The molecule has 0 unspecified atom stereocenters. The summed E-state index contributed by atoms with van der Waals surface area (Å²) in [7, 11) is 2.88. The minimum Gasteiger partial charge on any atom is -0.493 e. The number of hydrogen-bond acceptors (Lipinski definition) is 4. The van der Waals surface area contributed by atoms with Crippen molar-refractivity contribution in [1.29, 1.82) is 0 Å². The highest BCUT2D eigenvalue weighted by Gasteiger charge is 2.16. The minimum absolute atomic E-state index is 0.0409. The van der Waals surface area contributed by atoms with E-state index in [-0.39, 0.29) is 23.8 Å². The molecule has 3 aromatic carbocycles. The van der Waals surface area contributed by atoms with Crippen molar-refractivity contribution in [3.05, 3.63) is 78.4 Å². The summed E-state index contributed by atoms with van der Waals surface area (Å²) in [5, 5.41) is 2.61. The predicted molar refractivity (Wildman–Crippen MR) is 118 cm³/mol. The van der Waals surface area contributed by atoms with E-state index in [1.54, 1.807) is 0 Å². The Labute approximate surface area is 179 Å². The standard InChI is InChI=1S/C24H22FN3O3/c1-30-21-14-17(25)19(15-22(21)31-2)27-24(29)13-12-23-26-18-10-6-7-11-20(18)28(23)16-8-4-3-5-9-16/h3-11,14-15H,12-13H2,1-2H3,(H,27,29). The van der Waals surface area contributed by atoms with Crippen molar-refractivity contribution in [2.75, 3.05) is 19.5 Å². The Bertz CT molecular complexity index is 1220. The minimum atomic E-state index is -0.595. The highest BCUT2D eigenvalue weighted by atomic mass is 19.1. The molecular weight excluding hydrogens is 397 g/mol. The number of aryl methyl sites for hydroxylation is 1. The summed E-state index contributed by atoms with van der Waals surface area (Å²) in [6, 6.07) is 20.3. The first-order valence-corrected chi connectivity index (χ1v) is 9.84. The highest BCUT2D eigenvalue weighted by molar-refractivity contribution is 5.91. The largest absolute Gasteiger partial charge is 0.493 e. The number of carbonyl (C=O) groups is 1. The van der Waals surface area contributed by atoms with Crippen LogP contribution in [0, 0.1) is 5.82 Å². The van der Waals surface area contributed by atoms with Crippen LogP contribution < -0.4 is 14.8 Å². The van der Waals surface area contributed by atoms with E-state index in [2.05, 4.69) is 5.32 Å². The molecule has 0 bridgehead atoms. The van der Waals surface area contributed by atoms with E-state index in [1.165, 1.54) is 26.4 Å². The van der Waals surface area contributed by atoms with Crippen molar-refractivity contribution < 1.29 is 18.7 Å². The van der Waals surface area contributed by atoms with E-state index in [9.17, 15) is 9.18 Å². The number of benzene rings is 3. The Morgan fingerprint density at radius 3 is 2.42 bits per heavy atom. The molecule has 4 aromatic rings. The van der Waals surface area contributed by atoms with Crippen molar-refractivity contribution in [1.82, 2.24) is 9.55 Å². The topological polar surface area (TPSA) is 65.4 Å². The molecule has 0 atom stereocenters. The molecule has 4 rings (SSSR count). The van der Waals surface area contributed by atoms with Gasteiger partial charge < -0.3 is 14.8 Å². The third-order valence-electron chi connectivity index (χ3n) is 4.97. The van der Waals surface area contributed by atoms with Crippen molar-refractivity contribution in [3.63, 3.8) is 0 Å². The second-order valence-corrected chi connectivity index (χ2v) is 6.92. The summed E-state index contributed by atoms with van der Waals surface area (Å²) >= 11 is 0. The number of hydrogen-bond donors (Lipinski definition) is 1. The molecule has 0 aliphatic rings. The number of anilines is 1. The van der Waals surface area contributed by atoms with Crippen LogP contribution in [0.3, 0.4) is 0 Å². The second kappa shape index (κ2) is 8.87. The summed E-state index contributed by atoms with van der Waals surface area (Å²) in [6.45, 7) is 0. The molecule has 0 saturated heterocycles. The average molecular weight is 419 g/mol. The van der Waals surface area contributed by atoms with Crippen molar-refractivity contribution >= 4 is 22.6 Å². The third-order valence-corrected chi connectivity index (χ3v) is 4.97. The van der Waals surface area contributed by atoms with Gasteiger partial charge in [-0.15, -0.1) is 0 Å². The van der Waals surface area contributed by atoms with Crippen LogP contribution in [0.2, 0.25) is 0 Å². The molecule has 1 aromatic heterocycles. The molecule has 0 radical (unpaired) electrons. The molecule has 0 aliphatic carbocycles. The lowest BCUT2D eigenvalue weighted by Crippen LogP contribution is -2.15. The monoisotopic (exact) mass is 419 g/mol.